The van der Waals surface area contributed by atoms with E-state index >= 15 is 0 Å². The molecule has 4 rings (SSSR count). The van der Waals surface area contributed by atoms with E-state index in [-0.39, 0.29) is 18.3 Å². The summed E-state index contributed by atoms with van der Waals surface area (Å²) in [5.41, 5.74) is 7.59. The number of rotatable bonds is 5. The fraction of sp³-hybridized carbons (Fsp3) is 0.240. The van der Waals surface area contributed by atoms with E-state index in [1.165, 1.54) is 6.07 Å². The maximum atomic E-state index is 14.1. The maximum Gasteiger partial charge on any atom is 0.272 e. The molecule has 1 fully saturated rings. The van der Waals surface area contributed by atoms with Crippen molar-refractivity contribution in [2.45, 2.75) is 19.3 Å². The molecule has 1 atom stereocenters. The Kier molecular flexibility index (Phi) is 5.80. The van der Waals surface area contributed by atoms with E-state index in [1.54, 1.807) is 47.5 Å². The molecule has 0 spiro atoms. The molecule has 6 heteroatoms. The molecule has 0 radical (unpaired) electrons. The molecule has 2 heterocycles. The Morgan fingerprint density at radius 1 is 1.03 bits per heavy atom. The lowest BCUT2D eigenvalue weighted by Gasteiger charge is -2.40. The van der Waals surface area contributed by atoms with Gasteiger partial charge in [0.2, 0.25) is 5.91 Å². The molecular formula is C25H24FN3O2. The molecule has 158 valence electrons. The van der Waals surface area contributed by atoms with Gasteiger partial charge in [-0.1, -0.05) is 48.5 Å². The summed E-state index contributed by atoms with van der Waals surface area (Å²) in [6, 6.07) is 19.3. The number of nitrogens with two attached hydrogens (primary N) is 1. The fourth-order valence-corrected chi connectivity index (χ4v) is 4.28. The van der Waals surface area contributed by atoms with Gasteiger partial charge in [0, 0.05) is 24.8 Å². The molecule has 2 aromatic carbocycles. The molecule has 1 aromatic heterocycles. The molecule has 0 unspecified atom stereocenters. The average Bonchev–Trinajstić information content (AvgIpc) is 2.80. The lowest BCUT2D eigenvalue weighted by atomic mass is 9.74. The van der Waals surface area contributed by atoms with Crippen LogP contribution in [0.4, 0.5) is 4.39 Å². The number of carbonyl (C=O) groups excluding carboxylic acids is 2. The van der Waals surface area contributed by atoms with Crippen LogP contribution in [-0.2, 0) is 11.2 Å². The quantitative estimate of drug-likeness (QED) is 0.685. The van der Waals surface area contributed by atoms with Gasteiger partial charge in [-0.05, 0) is 48.6 Å². The van der Waals surface area contributed by atoms with Gasteiger partial charge in [-0.2, -0.15) is 0 Å². The van der Waals surface area contributed by atoms with Crippen LogP contribution in [0.15, 0.2) is 72.9 Å². The number of hydrogen-bond acceptors (Lipinski definition) is 3. The summed E-state index contributed by atoms with van der Waals surface area (Å²) in [6.07, 6.45) is 3.31. The number of piperidine rings is 1. The van der Waals surface area contributed by atoms with E-state index in [1.807, 2.05) is 24.3 Å². The summed E-state index contributed by atoms with van der Waals surface area (Å²) in [5.74, 6) is -0.884. The SMILES string of the molecule is NC(=O)[C@]1(Cc2ccc(-c3ccccc3F)cc2)CCCN(C(=O)c2ccccn2)C1. The van der Waals surface area contributed by atoms with Crippen LogP contribution < -0.4 is 5.73 Å². The van der Waals surface area contributed by atoms with Crippen LogP contribution in [0.3, 0.4) is 0 Å². The number of nitrogens with zero attached hydrogens (tertiary/aromatic N) is 2. The molecule has 0 saturated carbocycles. The summed E-state index contributed by atoms with van der Waals surface area (Å²) < 4.78 is 14.1. The second-order valence-corrected chi connectivity index (χ2v) is 8.04. The molecular weight excluding hydrogens is 393 g/mol. The molecule has 31 heavy (non-hydrogen) atoms. The van der Waals surface area contributed by atoms with Gasteiger partial charge in [0.25, 0.3) is 5.91 Å². The first kappa shape index (κ1) is 20.7. The smallest absolute Gasteiger partial charge is 0.272 e. The van der Waals surface area contributed by atoms with Crippen molar-refractivity contribution in [3.63, 3.8) is 0 Å². The topological polar surface area (TPSA) is 76.3 Å². The number of pyridine rings is 1. The van der Waals surface area contributed by atoms with E-state index in [2.05, 4.69) is 4.98 Å². The van der Waals surface area contributed by atoms with Gasteiger partial charge in [0.05, 0.1) is 5.41 Å². The predicted molar refractivity (Wildman–Crippen MR) is 117 cm³/mol. The number of amides is 2. The van der Waals surface area contributed by atoms with Crippen molar-refractivity contribution in [1.82, 2.24) is 9.88 Å². The number of halogens is 1. The van der Waals surface area contributed by atoms with E-state index in [9.17, 15) is 14.0 Å². The summed E-state index contributed by atoms with van der Waals surface area (Å²) in [4.78, 5) is 31.2. The normalized spacial score (nSPS) is 18.5. The number of carbonyl (C=O) groups is 2. The highest BCUT2D eigenvalue weighted by Gasteiger charge is 2.42. The van der Waals surface area contributed by atoms with E-state index in [0.717, 1.165) is 11.1 Å². The Morgan fingerprint density at radius 2 is 1.77 bits per heavy atom. The average molecular weight is 417 g/mol. The van der Waals surface area contributed by atoms with Gasteiger partial charge >= 0.3 is 0 Å². The number of benzene rings is 2. The van der Waals surface area contributed by atoms with Crippen molar-refractivity contribution in [3.8, 4) is 11.1 Å². The van der Waals surface area contributed by atoms with Crippen molar-refractivity contribution >= 4 is 11.8 Å². The highest BCUT2D eigenvalue weighted by molar-refractivity contribution is 5.93. The Morgan fingerprint density at radius 3 is 2.45 bits per heavy atom. The summed E-state index contributed by atoms with van der Waals surface area (Å²) in [7, 11) is 0. The molecule has 1 aliphatic heterocycles. The van der Waals surface area contributed by atoms with Crippen molar-refractivity contribution in [2.24, 2.45) is 11.1 Å². The number of likely N-dealkylation sites (tertiary alicyclic amines) is 1. The first-order chi connectivity index (χ1) is 15.0. The standard InChI is InChI=1S/C25H24FN3O2/c26-21-7-2-1-6-20(21)19-11-9-18(10-12-19)16-25(24(27)31)13-5-15-29(17-25)23(30)22-8-3-4-14-28-22/h1-4,6-12,14H,5,13,15-17H2,(H2,27,31)/t25-/m0/s1. The van der Waals surface area contributed by atoms with Crippen LogP contribution in [0.25, 0.3) is 11.1 Å². The zero-order valence-electron chi connectivity index (χ0n) is 17.1. The molecule has 3 aromatic rings. The first-order valence-electron chi connectivity index (χ1n) is 10.3. The molecule has 2 N–H and O–H groups in total. The number of hydrogen-bond donors (Lipinski definition) is 1. The molecule has 1 saturated heterocycles. The minimum atomic E-state index is -0.845. The Labute approximate surface area is 180 Å². The van der Waals surface area contributed by atoms with Crippen LogP contribution in [0.2, 0.25) is 0 Å². The van der Waals surface area contributed by atoms with Gasteiger partial charge in [-0.25, -0.2) is 4.39 Å². The lowest BCUT2D eigenvalue weighted by Crippen LogP contribution is -2.53. The fourth-order valence-electron chi connectivity index (χ4n) is 4.28. The van der Waals surface area contributed by atoms with Crippen LogP contribution in [-0.4, -0.2) is 34.8 Å². The van der Waals surface area contributed by atoms with Crippen LogP contribution >= 0.6 is 0 Å². The first-order valence-corrected chi connectivity index (χ1v) is 10.3. The van der Waals surface area contributed by atoms with E-state index < -0.39 is 11.3 Å². The minimum absolute atomic E-state index is 0.194. The highest BCUT2D eigenvalue weighted by atomic mass is 19.1. The molecule has 2 amide bonds. The zero-order valence-corrected chi connectivity index (χ0v) is 17.1. The molecule has 1 aliphatic rings. The third-order valence-corrected chi connectivity index (χ3v) is 5.95. The second-order valence-electron chi connectivity index (χ2n) is 8.04. The summed E-state index contributed by atoms with van der Waals surface area (Å²) >= 11 is 0. The van der Waals surface area contributed by atoms with E-state index in [0.29, 0.717) is 37.1 Å². The Hall–Kier alpha value is -3.54. The van der Waals surface area contributed by atoms with Gasteiger partial charge in [0.1, 0.15) is 11.5 Å². The number of primary amides is 1. The molecule has 0 bridgehead atoms. The second kappa shape index (κ2) is 8.68. The molecule has 0 aliphatic carbocycles. The Balaban J connectivity index is 1.55. The Bertz CT molecular complexity index is 1090. The van der Waals surface area contributed by atoms with Crippen LogP contribution in [0, 0.1) is 11.2 Å². The van der Waals surface area contributed by atoms with Gasteiger partial charge in [-0.15, -0.1) is 0 Å². The number of aromatic nitrogens is 1. The maximum absolute atomic E-state index is 14.1. The van der Waals surface area contributed by atoms with Crippen LogP contribution in [0.5, 0.6) is 0 Å². The van der Waals surface area contributed by atoms with Gasteiger partial charge < -0.3 is 10.6 Å². The third kappa shape index (κ3) is 4.33. The highest BCUT2D eigenvalue weighted by Crippen LogP contribution is 2.35. The van der Waals surface area contributed by atoms with Gasteiger partial charge in [-0.3, -0.25) is 14.6 Å². The summed E-state index contributed by atoms with van der Waals surface area (Å²) in [6.45, 7) is 0.823. The van der Waals surface area contributed by atoms with Crippen molar-refractivity contribution in [3.05, 3.63) is 90.0 Å². The lowest BCUT2D eigenvalue weighted by molar-refractivity contribution is -0.130. The molecule has 5 nitrogen and oxygen atoms in total. The summed E-state index contributed by atoms with van der Waals surface area (Å²) in [5, 5.41) is 0. The zero-order chi connectivity index (χ0) is 21.8. The van der Waals surface area contributed by atoms with Crippen molar-refractivity contribution in [2.75, 3.05) is 13.1 Å². The van der Waals surface area contributed by atoms with Crippen molar-refractivity contribution < 1.29 is 14.0 Å². The third-order valence-electron chi connectivity index (χ3n) is 5.95. The van der Waals surface area contributed by atoms with Crippen molar-refractivity contribution in [1.29, 1.82) is 0 Å². The van der Waals surface area contributed by atoms with E-state index in [4.69, 9.17) is 5.73 Å². The predicted octanol–water partition coefficient (Wildman–Crippen LogP) is 3.84. The van der Waals surface area contributed by atoms with Gasteiger partial charge in [0.15, 0.2) is 0 Å². The largest absolute Gasteiger partial charge is 0.369 e. The monoisotopic (exact) mass is 417 g/mol. The minimum Gasteiger partial charge on any atom is -0.369 e. The van der Waals surface area contributed by atoms with Crippen LogP contribution in [0.1, 0.15) is 28.9 Å².